The molecule has 0 spiro atoms. The summed E-state index contributed by atoms with van der Waals surface area (Å²) in [5.41, 5.74) is 3.70. The summed E-state index contributed by atoms with van der Waals surface area (Å²) in [6.07, 6.45) is -2.07. The Labute approximate surface area is 227 Å². The average Bonchev–Trinajstić information content (AvgIpc) is 3.17. The van der Waals surface area contributed by atoms with Gasteiger partial charge in [-0.1, -0.05) is 0 Å². The van der Waals surface area contributed by atoms with E-state index in [0.29, 0.717) is 42.0 Å². The molecule has 2 saturated heterocycles. The Balaban J connectivity index is 1.37. The number of carbonyl (C=O) groups is 1. The molecule has 2 aromatic rings. The molecule has 2 unspecified atom stereocenters. The van der Waals surface area contributed by atoms with Crippen LogP contribution in [0.15, 0.2) is 30.3 Å². The molecule has 2 heterocycles. The second-order valence-electron chi connectivity index (χ2n) is 10.9. The zero-order valence-corrected chi connectivity index (χ0v) is 22.6. The van der Waals surface area contributed by atoms with E-state index in [1.807, 2.05) is 25.1 Å². The summed E-state index contributed by atoms with van der Waals surface area (Å²) in [7, 11) is 3.65. The fourth-order valence-electron chi connectivity index (χ4n) is 5.93. The van der Waals surface area contributed by atoms with E-state index in [9.17, 15) is 18.0 Å². The first-order valence-corrected chi connectivity index (χ1v) is 13.5. The number of carbonyl (C=O) groups excluding carboxylic acids is 1. The molecule has 5 rings (SSSR count). The van der Waals surface area contributed by atoms with Crippen LogP contribution < -0.4 is 19.7 Å². The van der Waals surface area contributed by atoms with Crippen LogP contribution in [0.5, 0.6) is 11.5 Å². The van der Waals surface area contributed by atoms with Crippen LogP contribution in [0.3, 0.4) is 0 Å². The number of methoxy groups -OCH3 is 1. The van der Waals surface area contributed by atoms with Crippen molar-refractivity contribution < 1.29 is 32.2 Å². The molecule has 1 N–H and O–H groups in total. The lowest BCUT2D eigenvalue weighted by Crippen LogP contribution is -2.41. The zero-order valence-electron chi connectivity index (χ0n) is 22.6. The van der Waals surface area contributed by atoms with Crippen molar-refractivity contribution in [2.45, 2.75) is 51.1 Å². The standard InChI is InChI=1S/C29H36F3N3O4/c1-18-17-35(8-9-38-18)26-14-20-13-21(28(36)25(20)16-27(26)37-3)10-19-11-23(15-24(12-19)39-29(30,31)32)33-22-4-6-34(2)7-5-22/h11-12,14-16,18,21-22,33H,4-10,13,17H2,1-3H3. The third-order valence-electron chi connectivity index (χ3n) is 7.86. The van der Waals surface area contributed by atoms with Crippen LogP contribution in [0.2, 0.25) is 0 Å². The molecule has 0 amide bonds. The number of hydrogen-bond acceptors (Lipinski definition) is 7. The predicted octanol–water partition coefficient (Wildman–Crippen LogP) is 4.92. The molecular formula is C29H36F3N3O4. The Morgan fingerprint density at radius 2 is 1.87 bits per heavy atom. The number of ketones is 1. The number of ether oxygens (including phenoxy) is 3. The van der Waals surface area contributed by atoms with Gasteiger partial charge in [-0.25, -0.2) is 0 Å². The van der Waals surface area contributed by atoms with E-state index in [4.69, 9.17) is 9.47 Å². The van der Waals surface area contributed by atoms with Gasteiger partial charge in [0.15, 0.2) is 5.78 Å². The Bertz CT molecular complexity index is 1200. The van der Waals surface area contributed by atoms with Crippen molar-refractivity contribution >= 4 is 17.2 Å². The van der Waals surface area contributed by atoms with E-state index >= 15 is 0 Å². The van der Waals surface area contributed by atoms with Crippen LogP contribution in [0.1, 0.15) is 41.3 Å². The van der Waals surface area contributed by atoms with Gasteiger partial charge in [-0.15, -0.1) is 13.2 Å². The average molecular weight is 548 g/mol. The van der Waals surface area contributed by atoms with E-state index in [2.05, 4.69) is 26.9 Å². The minimum absolute atomic E-state index is 0.0165. The van der Waals surface area contributed by atoms with Gasteiger partial charge in [-0.05, 0) is 88.1 Å². The lowest BCUT2D eigenvalue weighted by Gasteiger charge is -2.34. The molecule has 0 bridgehead atoms. The number of nitrogens with one attached hydrogen (secondary N) is 1. The molecule has 2 aromatic carbocycles. The molecule has 10 heteroatoms. The normalized spacial score (nSPS) is 22.6. The van der Waals surface area contributed by atoms with Gasteiger partial charge in [0.05, 0.1) is 25.5 Å². The zero-order chi connectivity index (χ0) is 27.7. The number of likely N-dealkylation sites (tertiary alicyclic amines) is 1. The second-order valence-corrected chi connectivity index (χ2v) is 10.9. The minimum Gasteiger partial charge on any atom is -0.495 e. The van der Waals surface area contributed by atoms with Crippen molar-refractivity contribution in [1.29, 1.82) is 0 Å². The number of Topliss-reactive ketones (excluding diaryl/α,β-unsaturated/α-hetero) is 1. The highest BCUT2D eigenvalue weighted by Gasteiger charge is 2.35. The molecular weight excluding hydrogens is 511 g/mol. The van der Waals surface area contributed by atoms with Gasteiger partial charge < -0.3 is 29.3 Å². The number of rotatable bonds is 7. The molecule has 0 radical (unpaired) electrons. The van der Waals surface area contributed by atoms with Crippen molar-refractivity contribution in [3.05, 3.63) is 47.0 Å². The number of alkyl halides is 3. The molecule has 2 aliphatic heterocycles. The third kappa shape index (κ3) is 6.61. The topological polar surface area (TPSA) is 63.3 Å². The van der Waals surface area contributed by atoms with Gasteiger partial charge >= 0.3 is 6.36 Å². The van der Waals surface area contributed by atoms with Crippen molar-refractivity contribution in [3.63, 3.8) is 0 Å². The van der Waals surface area contributed by atoms with Crippen molar-refractivity contribution in [3.8, 4) is 11.5 Å². The SMILES string of the molecule is COc1cc2c(cc1N1CCOC(C)C1)CC(Cc1cc(NC3CCN(C)CC3)cc(OC(F)(F)F)c1)C2=O. The smallest absolute Gasteiger partial charge is 0.495 e. The Kier molecular flexibility index (Phi) is 7.96. The van der Waals surface area contributed by atoms with Crippen LogP contribution in [0.4, 0.5) is 24.5 Å². The summed E-state index contributed by atoms with van der Waals surface area (Å²) < 4.78 is 55.0. The highest BCUT2D eigenvalue weighted by Crippen LogP contribution is 2.39. The maximum Gasteiger partial charge on any atom is 0.573 e. The Morgan fingerprint density at radius 1 is 1.10 bits per heavy atom. The maximum absolute atomic E-state index is 13.4. The van der Waals surface area contributed by atoms with Gasteiger partial charge in [0.25, 0.3) is 0 Å². The highest BCUT2D eigenvalue weighted by molar-refractivity contribution is 6.03. The number of nitrogens with zero attached hydrogens (tertiary/aromatic N) is 2. The van der Waals surface area contributed by atoms with Crippen molar-refractivity contribution in [2.24, 2.45) is 5.92 Å². The summed E-state index contributed by atoms with van der Waals surface area (Å²) in [4.78, 5) is 17.9. The molecule has 0 saturated carbocycles. The second kappa shape index (κ2) is 11.3. The third-order valence-corrected chi connectivity index (χ3v) is 7.86. The highest BCUT2D eigenvalue weighted by atomic mass is 19.4. The quantitative estimate of drug-likeness (QED) is 0.528. The van der Waals surface area contributed by atoms with Gasteiger partial charge in [0.2, 0.25) is 0 Å². The van der Waals surface area contributed by atoms with Crippen LogP contribution in [-0.4, -0.2) is 76.1 Å². The van der Waals surface area contributed by atoms with Crippen LogP contribution in [0.25, 0.3) is 0 Å². The summed E-state index contributed by atoms with van der Waals surface area (Å²) in [5.74, 6) is -0.0242. The number of hydrogen-bond donors (Lipinski definition) is 1. The van der Waals surface area contributed by atoms with Gasteiger partial charge in [-0.2, -0.15) is 0 Å². The Hall–Kier alpha value is -2.98. The van der Waals surface area contributed by atoms with E-state index < -0.39 is 6.36 Å². The molecule has 0 aromatic heterocycles. The lowest BCUT2D eigenvalue weighted by atomic mass is 9.95. The molecule has 39 heavy (non-hydrogen) atoms. The van der Waals surface area contributed by atoms with Gasteiger partial charge in [-0.3, -0.25) is 4.79 Å². The molecule has 2 atom stereocenters. The number of benzene rings is 2. The summed E-state index contributed by atoms with van der Waals surface area (Å²) in [5, 5.41) is 3.39. The monoisotopic (exact) mass is 547 g/mol. The first-order chi connectivity index (χ1) is 18.6. The van der Waals surface area contributed by atoms with Crippen LogP contribution in [-0.2, 0) is 17.6 Å². The molecule has 2 fully saturated rings. The molecule has 212 valence electrons. The van der Waals surface area contributed by atoms with E-state index in [1.165, 1.54) is 12.1 Å². The van der Waals surface area contributed by atoms with E-state index in [0.717, 1.165) is 50.3 Å². The lowest BCUT2D eigenvalue weighted by molar-refractivity contribution is -0.274. The minimum atomic E-state index is -4.80. The summed E-state index contributed by atoms with van der Waals surface area (Å²) in [6.45, 7) is 5.95. The molecule has 3 aliphatic rings. The van der Waals surface area contributed by atoms with Crippen LogP contribution >= 0.6 is 0 Å². The number of halogens is 3. The van der Waals surface area contributed by atoms with E-state index in [1.54, 1.807) is 7.11 Å². The van der Waals surface area contributed by atoms with Crippen molar-refractivity contribution in [2.75, 3.05) is 57.2 Å². The van der Waals surface area contributed by atoms with Crippen LogP contribution in [0, 0.1) is 5.92 Å². The largest absolute Gasteiger partial charge is 0.573 e. The number of piperidine rings is 1. The fraction of sp³-hybridized carbons (Fsp3) is 0.552. The van der Waals surface area contributed by atoms with Crippen molar-refractivity contribution in [1.82, 2.24) is 4.90 Å². The molecule has 7 nitrogen and oxygen atoms in total. The van der Waals surface area contributed by atoms with Gasteiger partial charge in [0.1, 0.15) is 11.5 Å². The van der Waals surface area contributed by atoms with Gasteiger partial charge in [0, 0.05) is 42.4 Å². The molecule has 1 aliphatic carbocycles. The maximum atomic E-state index is 13.4. The number of anilines is 2. The number of fused-ring (bicyclic) bond motifs is 1. The summed E-state index contributed by atoms with van der Waals surface area (Å²) in [6, 6.07) is 8.63. The van der Waals surface area contributed by atoms with E-state index in [-0.39, 0.29) is 29.6 Å². The predicted molar refractivity (Wildman–Crippen MR) is 143 cm³/mol. The number of morpholine rings is 1. The first kappa shape index (κ1) is 27.6. The summed E-state index contributed by atoms with van der Waals surface area (Å²) >= 11 is 0. The fourth-order valence-corrected chi connectivity index (χ4v) is 5.93. The Morgan fingerprint density at radius 3 is 2.56 bits per heavy atom. The first-order valence-electron chi connectivity index (χ1n) is 13.5.